The van der Waals surface area contributed by atoms with Crippen molar-refractivity contribution < 1.29 is 0 Å². The van der Waals surface area contributed by atoms with Gasteiger partial charge in [-0.05, 0) is 28.1 Å². The van der Waals surface area contributed by atoms with Crippen LogP contribution in [0.25, 0.3) is 0 Å². The first-order chi connectivity index (χ1) is 7.79. The van der Waals surface area contributed by atoms with E-state index >= 15 is 0 Å². The van der Waals surface area contributed by atoms with Gasteiger partial charge in [-0.15, -0.1) is 0 Å². The van der Waals surface area contributed by atoms with Crippen LogP contribution >= 0.6 is 0 Å². The number of hydrogen-bond donors (Lipinski definition) is 1. The molecule has 2 aromatic rings. The summed E-state index contributed by atoms with van der Waals surface area (Å²) in [6, 6.07) is 9.49. The van der Waals surface area contributed by atoms with Crippen LogP contribution in [0.5, 0.6) is 0 Å². The number of aryl methyl sites for hydroxylation is 1. The fourth-order valence-corrected chi connectivity index (χ4v) is 1.31. The lowest BCUT2D eigenvalue weighted by Gasteiger charge is -2.03. The number of anilines is 1. The molecule has 1 aromatic carbocycles. The number of nitrogens with zero attached hydrogens (tertiary/aromatic N) is 5. The van der Waals surface area contributed by atoms with Gasteiger partial charge in [0.25, 0.3) is 0 Å². The predicted octanol–water partition coefficient (Wildman–Crippen LogP) is 0.694. The Kier molecular flexibility index (Phi) is 2.78. The van der Waals surface area contributed by atoms with Crippen molar-refractivity contribution in [2.75, 3.05) is 5.32 Å². The van der Waals surface area contributed by atoms with Gasteiger partial charge in [-0.1, -0.05) is 17.2 Å². The van der Waals surface area contributed by atoms with E-state index in [9.17, 15) is 0 Å². The van der Waals surface area contributed by atoms with Gasteiger partial charge in [-0.2, -0.15) is 5.26 Å². The van der Waals surface area contributed by atoms with E-state index in [-0.39, 0.29) is 0 Å². The fraction of sp³-hybridized carbons (Fsp3) is 0.200. The summed E-state index contributed by atoms with van der Waals surface area (Å²) in [6.07, 6.45) is 0. The lowest BCUT2D eigenvalue weighted by Crippen LogP contribution is -2.05. The molecule has 0 amide bonds. The van der Waals surface area contributed by atoms with Gasteiger partial charge in [-0.25, -0.2) is 4.68 Å². The summed E-state index contributed by atoms with van der Waals surface area (Å²) in [5.74, 6) is 0.599. The number of nitrogens with one attached hydrogen (secondary N) is 1. The predicted molar refractivity (Wildman–Crippen MR) is 57.3 cm³/mol. The van der Waals surface area contributed by atoms with Crippen molar-refractivity contribution in [2.45, 2.75) is 6.54 Å². The number of rotatable bonds is 3. The molecule has 80 valence electrons. The van der Waals surface area contributed by atoms with Crippen LogP contribution < -0.4 is 5.32 Å². The maximum Gasteiger partial charge on any atom is 0.242 e. The van der Waals surface area contributed by atoms with Crippen molar-refractivity contribution in [3.8, 4) is 6.07 Å². The molecule has 0 saturated heterocycles. The first-order valence-electron chi connectivity index (χ1n) is 4.75. The normalized spacial score (nSPS) is 9.75. The van der Waals surface area contributed by atoms with E-state index in [2.05, 4.69) is 26.9 Å². The summed E-state index contributed by atoms with van der Waals surface area (Å²) < 4.78 is 1.55. The summed E-state index contributed by atoms with van der Waals surface area (Å²) in [5, 5.41) is 22.8. The lowest BCUT2D eigenvalue weighted by molar-refractivity contribution is 0.712. The second-order valence-corrected chi connectivity index (χ2v) is 3.29. The average Bonchev–Trinajstić information content (AvgIpc) is 2.72. The highest BCUT2D eigenvalue weighted by Gasteiger charge is 2.01. The van der Waals surface area contributed by atoms with E-state index in [1.165, 1.54) is 0 Å². The Morgan fingerprint density at radius 2 is 2.38 bits per heavy atom. The highest BCUT2D eigenvalue weighted by molar-refractivity contribution is 5.34. The Morgan fingerprint density at radius 1 is 1.50 bits per heavy atom. The first kappa shape index (κ1) is 10.1. The summed E-state index contributed by atoms with van der Waals surface area (Å²) >= 11 is 0. The number of benzene rings is 1. The second-order valence-electron chi connectivity index (χ2n) is 3.29. The molecule has 0 bridgehead atoms. The van der Waals surface area contributed by atoms with Crippen molar-refractivity contribution in [1.29, 1.82) is 5.26 Å². The Labute approximate surface area is 92.5 Å². The van der Waals surface area contributed by atoms with E-state index in [1.807, 2.05) is 18.2 Å². The molecular formula is C10H10N6. The number of nitriles is 1. The largest absolute Gasteiger partial charge is 0.349 e. The van der Waals surface area contributed by atoms with Crippen LogP contribution in [0.3, 0.4) is 0 Å². The van der Waals surface area contributed by atoms with E-state index in [1.54, 1.807) is 17.8 Å². The molecular weight excluding hydrogens is 204 g/mol. The van der Waals surface area contributed by atoms with Crippen LogP contribution in [0.1, 0.15) is 11.1 Å². The zero-order chi connectivity index (χ0) is 11.4. The van der Waals surface area contributed by atoms with Gasteiger partial charge in [0.05, 0.1) is 11.6 Å². The molecule has 0 spiro atoms. The molecule has 0 aliphatic heterocycles. The molecule has 0 aliphatic rings. The summed E-state index contributed by atoms with van der Waals surface area (Å²) in [4.78, 5) is 0. The van der Waals surface area contributed by atoms with Crippen LogP contribution in [-0.4, -0.2) is 20.2 Å². The molecule has 16 heavy (non-hydrogen) atoms. The standard InChI is InChI=1S/C10H10N6/c1-16-10(13-14-15-16)12-7-9-4-2-3-8(5-9)6-11/h2-5H,7H2,1H3,(H,12,13,15). The van der Waals surface area contributed by atoms with E-state index in [0.717, 1.165) is 5.56 Å². The second kappa shape index (κ2) is 4.40. The van der Waals surface area contributed by atoms with E-state index in [4.69, 9.17) is 5.26 Å². The smallest absolute Gasteiger partial charge is 0.242 e. The van der Waals surface area contributed by atoms with Crippen molar-refractivity contribution in [3.63, 3.8) is 0 Å². The quantitative estimate of drug-likeness (QED) is 0.813. The minimum Gasteiger partial charge on any atom is -0.349 e. The third-order valence-electron chi connectivity index (χ3n) is 2.13. The zero-order valence-electron chi connectivity index (χ0n) is 8.75. The van der Waals surface area contributed by atoms with Crippen molar-refractivity contribution in [2.24, 2.45) is 7.05 Å². The van der Waals surface area contributed by atoms with Crippen molar-refractivity contribution in [1.82, 2.24) is 20.2 Å². The molecule has 0 fully saturated rings. The summed E-state index contributed by atoms with van der Waals surface area (Å²) in [7, 11) is 1.76. The molecule has 1 N–H and O–H groups in total. The van der Waals surface area contributed by atoms with Crippen LogP contribution in [0.2, 0.25) is 0 Å². The SMILES string of the molecule is Cn1nnnc1NCc1cccc(C#N)c1. The minimum absolute atomic E-state index is 0.587. The molecule has 0 saturated carbocycles. The number of hydrogen-bond acceptors (Lipinski definition) is 5. The number of aromatic nitrogens is 4. The Morgan fingerprint density at radius 3 is 3.06 bits per heavy atom. The van der Waals surface area contributed by atoms with Crippen LogP contribution in [0.4, 0.5) is 5.95 Å². The highest BCUT2D eigenvalue weighted by Crippen LogP contribution is 2.06. The van der Waals surface area contributed by atoms with Gasteiger partial charge in [0.15, 0.2) is 0 Å². The van der Waals surface area contributed by atoms with Crippen LogP contribution in [0.15, 0.2) is 24.3 Å². The lowest BCUT2D eigenvalue weighted by atomic mass is 10.1. The summed E-state index contributed by atoms with van der Waals surface area (Å²) in [5.41, 5.74) is 1.66. The molecule has 0 radical (unpaired) electrons. The van der Waals surface area contributed by atoms with E-state index < -0.39 is 0 Å². The van der Waals surface area contributed by atoms with Crippen molar-refractivity contribution in [3.05, 3.63) is 35.4 Å². The van der Waals surface area contributed by atoms with Crippen molar-refractivity contribution >= 4 is 5.95 Å². The molecule has 6 nitrogen and oxygen atoms in total. The van der Waals surface area contributed by atoms with Gasteiger partial charge >= 0.3 is 0 Å². The number of tetrazole rings is 1. The third-order valence-corrected chi connectivity index (χ3v) is 2.13. The topological polar surface area (TPSA) is 79.4 Å². The van der Waals surface area contributed by atoms with E-state index in [0.29, 0.717) is 18.1 Å². The molecule has 2 rings (SSSR count). The average molecular weight is 214 g/mol. The molecule has 0 atom stereocenters. The van der Waals surface area contributed by atoms with Gasteiger partial charge in [-0.3, -0.25) is 0 Å². The highest BCUT2D eigenvalue weighted by atomic mass is 15.6. The molecule has 1 aromatic heterocycles. The maximum absolute atomic E-state index is 8.75. The molecule has 1 heterocycles. The Balaban J connectivity index is 2.05. The Hall–Kier alpha value is -2.42. The van der Waals surface area contributed by atoms with Gasteiger partial charge < -0.3 is 5.32 Å². The minimum atomic E-state index is 0.587. The maximum atomic E-state index is 8.75. The first-order valence-corrected chi connectivity index (χ1v) is 4.75. The van der Waals surface area contributed by atoms with Gasteiger partial charge in [0, 0.05) is 13.6 Å². The third kappa shape index (κ3) is 2.15. The van der Waals surface area contributed by atoms with Gasteiger partial charge in [0.2, 0.25) is 5.95 Å². The van der Waals surface area contributed by atoms with Gasteiger partial charge in [0.1, 0.15) is 0 Å². The summed E-state index contributed by atoms with van der Waals surface area (Å²) in [6.45, 7) is 0.587. The Bertz CT molecular complexity index is 524. The molecule has 6 heteroatoms. The van der Waals surface area contributed by atoms with Crippen LogP contribution in [-0.2, 0) is 13.6 Å². The molecule has 0 aliphatic carbocycles. The zero-order valence-corrected chi connectivity index (χ0v) is 8.75. The fourth-order valence-electron chi connectivity index (χ4n) is 1.31. The molecule has 0 unspecified atom stereocenters. The monoisotopic (exact) mass is 214 g/mol. The van der Waals surface area contributed by atoms with Crippen LogP contribution in [0, 0.1) is 11.3 Å².